The fraction of sp³-hybridized carbons (Fsp3) is 1.00. The highest BCUT2D eigenvalue weighted by Gasteiger charge is 2.41. The van der Waals surface area contributed by atoms with Gasteiger partial charge in [-0.25, -0.2) is 0 Å². The highest BCUT2D eigenvalue weighted by molar-refractivity contribution is 4.91. The van der Waals surface area contributed by atoms with Crippen LogP contribution in [0.5, 0.6) is 0 Å². The third-order valence-electron chi connectivity index (χ3n) is 2.42. The fourth-order valence-electron chi connectivity index (χ4n) is 1.63. The van der Waals surface area contributed by atoms with Gasteiger partial charge in [-0.15, -0.1) is 0 Å². The van der Waals surface area contributed by atoms with E-state index in [0.717, 1.165) is 0 Å². The van der Waals surface area contributed by atoms with Gasteiger partial charge < -0.3 is 25.0 Å². The fourth-order valence-corrected chi connectivity index (χ4v) is 1.63. The summed E-state index contributed by atoms with van der Waals surface area (Å²) in [5, 5.41) is 22.0. The van der Waals surface area contributed by atoms with Crippen molar-refractivity contribution in [3.63, 3.8) is 0 Å². The summed E-state index contributed by atoms with van der Waals surface area (Å²) in [6.45, 7) is 1.82. The number of likely N-dealkylation sites (N-methyl/N-ethyl adjacent to an activating group) is 1. The van der Waals surface area contributed by atoms with Crippen molar-refractivity contribution in [3.05, 3.63) is 0 Å². The molecule has 5 nitrogen and oxygen atoms in total. The molecule has 0 radical (unpaired) electrons. The normalized spacial score (nSPS) is 46.4. The highest BCUT2D eigenvalue weighted by atomic mass is 16.7. The first-order chi connectivity index (χ1) is 6.11. The Balaban J connectivity index is 2.66. The lowest BCUT2D eigenvalue weighted by molar-refractivity contribution is -0.263. The van der Waals surface area contributed by atoms with Crippen LogP contribution in [0.4, 0.5) is 0 Å². The molecular formula is C8H17NO4. The summed E-state index contributed by atoms with van der Waals surface area (Å²) in [5.41, 5.74) is 0. The molecule has 78 valence electrons. The second kappa shape index (κ2) is 4.34. The van der Waals surface area contributed by atoms with E-state index in [1.54, 1.807) is 7.05 Å². The molecule has 1 aliphatic rings. The van der Waals surface area contributed by atoms with Crippen molar-refractivity contribution in [1.29, 1.82) is 0 Å². The molecule has 1 heterocycles. The molecule has 1 aliphatic heterocycles. The van der Waals surface area contributed by atoms with Crippen molar-refractivity contribution in [3.8, 4) is 0 Å². The van der Waals surface area contributed by atoms with E-state index in [1.165, 1.54) is 7.11 Å². The number of methoxy groups -OCH3 is 1. The zero-order valence-corrected chi connectivity index (χ0v) is 8.10. The lowest BCUT2D eigenvalue weighted by atomic mass is 9.97. The SMILES string of the molecule is CNC1C(C)OC(OC)C(O)C1O. The van der Waals surface area contributed by atoms with Gasteiger partial charge >= 0.3 is 0 Å². The number of ether oxygens (including phenoxy) is 2. The third-order valence-corrected chi connectivity index (χ3v) is 2.42. The Morgan fingerprint density at radius 2 is 1.92 bits per heavy atom. The molecule has 5 heteroatoms. The number of aliphatic hydroxyl groups excluding tert-OH is 2. The molecule has 5 unspecified atom stereocenters. The van der Waals surface area contributed by atoms with Gasteiger partial charge in [-0.05, 0) is 14.0 Å². The van der Waals surface area contributed by atoms with Crippen molar-refractivity contribution in [2.75, 3.05) is 14.2 Å². The van der Waals surface area contributed by atoms with Crippen LogP contribution in [0.25, 0.3) is 0 Å². The quantitative estimate of drug-likeness (QED) is 0.505. The van der Waals surface area contributed by atoms with Gasteiger partial charge in [-0.1, -0.05) is 0 Å². The number of hydrogen-bond acceptors (Lipinski definition) is 5. The van der Waals surface area contributed by atoms with E-state index in [2.05, 4.69) is 5.32 Å². The first-order valence-electron chi connectivity index (χ1n) is 4.33. The average Bonchev–Trinajstić information content (AvgIpc) is 2.12. The molecule has 0 aromatic rings. The Hall–Kier alpha value is -0.200. The predicted molar refractivity (Wildman–Crippen MR) is 46.2 cm³/mol. The number of nitrogens with one attached hydrogen (secondary N) is 1. The summed E-state index contributed by atoms with van der Waals surface area (Å²) in [5.74, 6) is 0. The second-order valence-corrected chi connectivity index (χ2v) is 3.24. The molecule has 0 spiro atoms. The average molecular weight is 191 g/mol. The van der Waals surface area contributed by atoms with E-state index in [-0.39, 0.29) is 12.1 Å². The van der Waals surface area contributed by atoms with E-state index in [1.807, 2.05) is 6.92 Å². The van der Waals surface area contributed by atoms with Gasteiger partial charge in [0.2, 0.25) is 0 Å². The van der Waals surface area contributed by atoms with Crippen molar-refractivity contribution >= 4 is 0 Å². The molecule has 0 bridgehead atoms. The number of rotatable bonds is 2. The molecule has 0 amide bonds. The topological polar surface area (TPSA) is 71.0 Å². The van der Waals surface area contributed by atoms with E-state index >= 15 is 0 Å². The van der Waals surface area contributed by atoms with E-state index in [0.29, 0.717) is 0 Å². The van der Waals surface area contributed by atoms with Crippen LogP contribution in [0.1, 0.15) is 6.92 Å². The molecule has 0 aliphatic carbocycles. The van der Waals surface area contributed by atoms with Crippen LogP contribution in [-0.4, -0.2) is 55.0 Å². The zero-order valence-electron chi connectivity index (χ0n) is 8.10. The van der Waals surface area contributed by atoms with Crippen molar-refractivity contribution in [2.45, 2.75) is 37.6 Å². The summed E-state index contributed by atoms with van der Waals surface area (Å²) in [7, 11) is 3.15. The smallest absolute Gasteiger partial charge is 0.186 e. The van der Waals surface area contributed by atoms with Gasteiger partial charge in [0.1, 0.15) is 12.2 Å². The summed E-state index contributed by atoms with van der Waals surface area (Å²) >= 11 is 0. The zero-order chi connectivity index (χ0) is 10.0. The van der Waals surface area contributed by atoms with Crippen LogP contribution in [0, 0.1) is 0 Å². The van der Waals surface area contributed by atoms with Crippen LogP contribution >= 0.6 is 0 Å². The van der Waals surface area contributed by atoms with Crippen molar-refractivity contribution < 1.29 is 19.7 Å². The first-order valence-corrected chi connectivity index (χ1v) is 4.33. The monoisotopic (exact) mass is 191 g/mol. The molecule has 1 fully saturated rings. The van der Waals surface area contributed by atoms with Crippen molar-refractivity contribution in [2.24, 2.45) is 0 Å². The van der Waals surface area contributed by atoms with Crippen LogP contribution in [0.15, 0.2) is 0 Å². The van der Waals surface area contributed by atoms with Gasteiger partial charge in [-0.3, -0.25) is 0 Å². The molecule has 1 rings (SSSR count). The minimum Gasteiger partial charge on any atom is -0.388 e. The summed E-state index contributed by atoms with van der Waals surface area (Å²) in [4.78, 5) is 0. The molecular weight excluding hydrogens is 174 g/mol. The number of hydrogen-bond donors (Lipinski definition) is 3. The molecule has 1 saturated heterocycles. The highest BCUT2D eigenvalue weighted by Crippen LogP contribution is 2.20. The standard InChI is InChI=1S/C8H17NO4/c1-4-5(9-2)6(10)7(11)8(12-3)13-4/h4-11H,1-3H3. The Morgan fingerprint density at radius 3 is 2.38 bits per heavy atom. The summed E-state index contributed by atoms with van der Waals surface area (Å²) < 4.78 is 10.2. The largest absolute Gasteiger partial charge is 0.388 e. The van der Waals surface area contributed by atoms with Crippen molar-refractivity contribution in [1.82, 2.24) is 5.32 Å². The maximum absolute atomic E-state index is 9.64. The third kappa shape index (κ3) is 2.00. The minimum atomic E-state index is -1.00. The molecule has 5 atom stereocenters. The Bertz CT molecular complexity index is 166. The molecule has 0 aromatic heterocycles. The molecule has 13 heavy (non-hydrogen) atoms. The lowest BCUT2D eigenvalue weighted by Crippen LogP contribution is -2.61. The first kappa shape index (κ1) is 10.9. The molecule has 0 saturated carbocycles. The Labute approximate surface area is 77.7 Å². The lowest BCUT2D eigenvalue weighted by Gasteiger charge is -2.40. The summed E-state index contributed by atoms with van der Waals surface area (Å²) in [6.07, 6.45) is -2.79. The summed E-state index contributed by atoms with van der Waals surface area (Å²) in [6, 6.07) is -0.263. The van der Waals surface area contributed by atoms with Crippen LogP contribution in [-0.2, 0) is 9.47 Å². The number of aliphatic hydroxyl groups is 2. The Morgan fingerprint density at radius 1 is 1.31 bits per heavy atom. The maximum atomic E-state index is 9.64. The maximum Gasteiger partial charge on any atom is 0.186 e. The van der Waals surface area contributed by atoms with E-state index in [9.17, 15) is 10.2 Å². The van der Waals surface area contributed by atoms with Crippen LogP contribution < -0.4 is 5.32 Å². The predicted octanol–water partition coefficient (Wildman–Crippen LogP) is -1.31. The van der Waals surface area contributed by atoms with Crippen LogP contribution in [0.3, 0.4) is 0 Å². The van der Waals surface area contributed by atoms with Gasteiger partial charge in [0, 0.05) is 7.11 Å². The van der Waals surface area contributed by atoms with Gasteiger partial charge in [0.05, 0.1) is 12.1 Å². The Kier molecular flexibility index (Phi) is 3.63. The molecule has 0 aromatic carbocycles. The van der Waals surface area contributed by atoms with Crippen LogP contribution in [0.2, 0.25) is 0 Å². The van der Waals surface area contributed by atoms with E-state index < -0.39 is 18.5 Å². The van der Waals surface area contributed by atoms with Gasteiger partial charge in [-0.2, -0.15) is 0 Å². The second-order valence-electron chi connectivity index (χ2n) is 3.24. The minimum absolute atomic E-state index is 0.187. The van der Waals surface area contributed by atoms with E-state index in [4.69, 9.17) is 9.47 Å². The van der Waals surface area contributed by atoms with Gasteiger partial charge in [0.25, 0.3) is 0 Å². The van der Waals surface area contributed by atoms with Gasteiger partial charge in [0.15, 0.2) is 6.29 Å². The molecule has 3 N–H and O–H groups in total.